The van der Waals surface area contributed by atoms with Gasteiger partial charge in [-0.25, -0.2) is 31.5 Å². The van der Waals surface area contributed by atoms with Gasteiger partial charge in [-0.1, -0.05) is 0 Å². The molecule has 45 heavy (non-hydrogen) atoms. The Kier molecular flexibility index (Phi) is 7.27. The van der Waals surface area contributed by atoms with Crippen molar-refractivity contribution < 1.29 is 40.8 Å². The number of hydrogen-bond donors (Lipinski definition) is 2. The molecule has 5 aliphatic rings. The molecule has 0 saturated heterocycles. The van der Waals surface area contributed by atoms with Gasteiger partial charge in [-0.2, -0.15) is 5.10 Å². The standard InChI is InChI=1S/C30H33F5N6O4/c31-21(32)12-44-27-19(11-45-40-27)26(43)39-25(17-3-5-30(34,35)6-4-17)20-10-41-22(37-20)7-18(9-36-41)24(16-1-2-16)38-23(42)8-28-13-29(33,14-28)15-28/h7,9-11,16-17,21,24-25H,1-6,8,12-15H2,(H,38,42)(H,39,43)/t24?,25-,28?,29?/m0/s1. The molecule has 3 aromatic heterocycles. The lowest BCUT2D eigenvalue weighted by atomic mass is 9.41. The topological polar surface area (TPSA) is 124 Å². The maximum atomic E-state index is 14.1. The van der Waals surface area contributed by atoms with Crippen molar-refractivity contribution in [1.82, 2.24) is 30.4 Å². The van der Waals surface area contributed by atoms with Crippen molar-refractivity contribution in [2.75, 3.05) is 6.61 Å². The van der Waals surface area contributed by atoms with Crippen LogP contribution < -0.4 is 15.4 Å². The fourth-order valence-electron chi connectivity index (χ4n) is 7.42. The molecular weight excluding hydrogens is 603 g/mol. The number of amides is 2. The van der Waals surface area contributed by atoms with Gasteiger partial charge in [0.1, 0.15) is 17.5 Å². The Balaban J connectivity index is 1.11. The molecule has 2 atom stereocenters. The lowest BCUT2D eigenvalue weighted by Crippen LogP contribution is -2.65. The van der Waals surface area contributed by atoms with E-state index in [9.17, 15) is 31.5 Å². The zero-order valence-corrected chi connectivity index (χ0v) is 24.3. The van der Waals surface area contributed by atoms with Gasteiger partial charge >= 0.3 is 0 Å². The molecule has 0 aliphatic heterocycles. The molecule has 0 spiro atoms. The van der Waals surface area contributed by atoms with Crippen LogP contribution in [0.2, 0.25) is 0 Å². The second-order valence-corrected chi connectivity index (χ2v) is 13.4. The third-order valence-corrected chi connectivity index (χ3v) is 9.71. The Hall–Kier alpha value is -3.78. The minimum atomic E-state index is -2.81. The first-order valence-corrected chi connectivity index (χ1v) is 15.3. The van der Waals surface area contributed by atoms with Crippen molar-refractivity contribution in [2.24, 2.45) is 17.3 Å². The predicted octanol–water partition coefficient (Wildman–Crippen LogP) is 5.51. The Bertz CT molecular complexity index is 1580. The summed E-state index contributed by atoms with van der Waals surface area (Å²) in [6.45, 7) is -0.990. The van der Waals surface area contributed by atoms with Crippen molar-refractivity contribution in [3.05, 3.63) is 41.5 Å². The van der Waals surface area contributed by atoms with Crippen molar-refractivity contribution in [1.29, 1.82) is 0 Å². The van der Waals surface area contributed by atoms with Crippen molar-refractivity contribution >= 4 is 17.5 Å². The average molecular weight is 637 g/mol. The SMILES string of the molecule is O=C(CC12CC(F)(C1)C2)NC(c1cnn2cc([C@@H](NC(=O)c3conc3OCC(F)F)C3CCC(F)(F)CC3)nc2c1)C1CC1. The molecule has 0 aromatic carbocycles. The number of hydrogen-bond acceptors (Lipinski definition) is 7. The van der Waals surface area contributed by atoms with Gasteiger partial charge in [-0.05, 0) is 79.0 Å². The van der Waals surface area contributed by atoms with E-state index < -0.39 is 48.4 Å². The first kappa shape index (κ1) is 29.9. The molecule has 5 fully saturated rings. The van der Waals surface area contributed by atoms with E-state index in [1.165, 1.54) is 4.52 Å². The third-order valence-electron chi connectivity index (χ3n) is 9.71. The summed E-state index contributed by atoms with van der Waals surface area (Å²) in [7, 11) is 0. The number of rotatable bonds is 12. The van der Waals surface area contributed by atoms with Crippen molar-refractivity contribution in [3.63, 3.8) is 0 Å². The van der Waals surface area contributed by atoms with Crippen LogP contribution in [0, 0.1) is 17.3 Å². The number of fused-ring (bicyclic) bond motifs is 1. The van der Waals surface area contributed by atoms with E-state index in [2.05, 4.69) is 20.9 Å². The molecule has 242 valence electrons. The van der Waals surface area contributed by atoms with Crippen LogP contribution in [0.5, 0.6) is 5.88 Å². The van der Waals surface area contributed by atoms with E-state index in [4.69, 9.17) is 14.2 Å². The summed E-state index contributed by atoms with van der Waals surface area (Å²) in [5.74, 6) is -4.22. The minimum absolute atomic E-state index is 0.111. The Morgan fingerprint density at radius 2 is 1.76 bits per heavy atom. The highest BCUT2D eigenvalue weighted by Gasteiger charge is 2.69. The fourth-order valence-corrected chi connectivity index (χ4v) is 7.42. The molecule has 2 bridgehead atoms. The zero-order valence-electron chi connectivity index (χ0n) is 24.3. The first-order valence-electron chi connectivity index (χ1n) is 15.3. The van der Waals surface area contributed by atoms with Crippen LogP contribution in [-0.4, -0.2) is 56.2 Å². The van der Waals surface area contributed by atoms with E-state index in [-0.39, 0.29) is 54.5 Å². The summed E-state index contributed by atoms with van der Waals surface area (Å²) in [6.07, 6.45) is 4.48. The van der Waals surface area contributed by atoms with Crippen LogP contribution in [0.25, 0.3) is 5.65 Å². The maximum absolute atomic E-state index is 14.1. The van der Waals surface area contributed by atoms with E-state index >= 15 is 0 Å². The van der Waals surface area contributed by atoms with Gasteiger partial charge in [0.25, 0.3) is 18.2 Å². The number of imidazole rings is 1. The Morgan fingerprint density at radius 1 is 1.04 bits per heavy atom. The molecule has 0 radical (unpaired) electrons. The number of carbonyl (C=O) groups is 2. The normalized spacial score (nSPS) is 27.0. The molecule has 10 nitrogen and oxygen atoms in total. The molecule has 5 saturated carbocycles. The second-order valence-electron chi connectivity index (χ2n) is 13.4. The molecule has 3 aromatic rings. The van der Waals surface area contributed by atoms with Crippen LogP contribution in [0.15, 0.2) is 29.2 Å². The fraction of sp³-hybridized carbons (Fsp3) is 0.633. The summed E-state index contributed by atoms with van der Waals surface area (Å²) in [5.41, 5.74) is 0.0858. The summed E-state index contributed by atoms with van der Waals surface area (Å²) in [5, 5.41) is 13.9. The number of alkyl halides is 5. The van der Waals surface area contributed by atoms with Gasteiger partial charge < -0.3 is 19.9 Å². The maximum Gasteiger partial charge on any atom is 0.272 e. The van der Waals surface area contributed by atoms with Crippen LogP contribution >= 0.6 is 0 Å². The molecule has 2 amide bonds. The van der Waals surface area contributed by atoms with Gasteiger partial charge in [0.05, 0.1) is 30.2 Å². The second kappa shape index (κ2) is 10.9. The zero-order chi connectivity index (χ0) is 31.6. The summed E-state index contributed by atoms with van der Waals surface area (Å²) < 4.78 is 78.6. The molecule has 5 aliphatic carbocycles. The summed E-state index contributed by atoms with van der Waals surface area (Å²) >= 11 is 0. The number of nitrogens with one attached hydrogen (secondary N) is 2. The van der Waals surface area contributed by atoms with Crippen LogP contribution in [0.3, 0.4) is 0 Å². The Morgan fingerprint density at radius 3 is 2.42 bits per heavy atom. The third kappa shape index (κ3) is 6.09. The smallest absolute Gasteiger partial charge is 0.272 e. The van der Waals surface area contributed by atoms with Crippen molar-refractivity contribution in [3.8, 4) is 5.88 Å². The van der Waals surface area contributed by atoms with Gasteiger partial charge in [0.2, 0.25) is 11.8 Å². The summed E-state index contributed by atoms with van der Waals surface area (Å²) in [6, 6.07) is 0.710. The molecule has 2 N–H and O–H groups in total. The largest absolute Gasteiger partial charge is 0.469 e. The quantitative estimate of drug-likeness (QED) is 0.252. The number of ether oxygens (including phenoxy) is 1. The number of carbonyl (C=O) groups excluding carboxylic acids is 2. The Labute approximate surface area is 254 Å². The first-order chi connectivity index (χ1) is 21.4. The van der Waals surface area contributed by atoms with E-state index in [0.717, 1.165) is 24.7 Å². The van der Waals surface area contributed by atoms with E-state index in [1.807, 2.05) is 6.07 Å². The molecule has 8 rings (SSSR count). The average Bonchev–Trinajstić information content (AvgIpc) is 3.52. The molecular formula is C30H33F5N6O4. The molecule has 1 unspecified atom stereocenters. The molecule has 15 heteroatoms. The van der Waals surface area contributed by atoms with Gasteiger partial charge in [-0.3, -0.25) is 9.59 Å². The van der Waals surface area contributed by atoms with E-state index in [0.29, 0.717) is 37.0 Å². The summed E-state index contributed by atoms with van der Waals surface area (Å²) in [4.78, 5) is 30.9. The predicted molar refractivity (Wildman–Crippen MR) is 146 cm³/mol. The van der Waals surface area contributed by atoms with E-state index in [1.54, 1.807) is 12.4 Å². The van der Waals surface area contributed by atoms with Crippen LogP contribution in [0.1, 0.15) is 97.9 Å². The van der Waals surface area contributed by atoms with Crippen LogP contribution in [-0.2, 0) is 4.79 Å². The van der Waals surface area contributed by atoms with Gasteiger partial charge in [-0.15, -0.1) is 0 Å². The molecule has 3 heterocycles. The highest BCUT2D eigenvalue weighted by molar-refractivity contribution is 5.96. The van der Waals surface area contributed by atoms with Gasteiger partial charge in [0, 0.05) is 19.3 Å². The highest BCUT2D eigenvalue weighted by Crippen LogP contribution is 2.71. The van der Waals surface area contributed by atoms with Crippen LogP contribution in [0.4, 0.5) is 22.0 Å². The number of nitrogens with zero attached hydrogens (tertiary/aromatic N) is 4. The van der Waals surface area contributed by atoms with Gasteiger partial charge in [0.15, 0.2) is 12.3 Å². The van der Waals surface area contributed by atoms with Crippen molar-refractivity contribution in [2.45, 2.75) is 94.3 Å². The monoisotopic (exact) mass is 636 g/mol. The minimum Gasteiger partial charge on any atom is -0.469 e. The number of halogens is 5. The highest BCUT2D eigenvalue weighted by atomic mass is 19.3. The number of aromatic nitrogens is 4. The lowest BCUT2D eigenvalue weighted by molar-refractivity contribution is -0.215. The lowest BCUT2D eigenvalue weighted by Gasteiger charge is -2.65.